The highest BCUT2D eigenvalue weighted by Gasteiger charge is 2.14. The summed E-state index contributed by atoms with van der Waals surface area (Å²) in [7, 11) is 1.59. The number of benzene rings is 1. The Morgan fingerprint density at radius 1 is 1.32 bits per heavy atom. The van der Waals surface area contributed by atoms with Gasteiger partial charge in [0.05, 0.1) is 24.2 Å². The molecule has 25 heavy (non-hydrogen) atoms. The van der Waals surface area contributed by atoms with Gasteiger partial charge in [0.25, 0.3) is 0 Å². The molecule has 3 N–H and O–H groups in total. The van der Waals surface area contributed by atoms with Crippen LogP contribution in [0, 0.1) is 0 Å². The fraction of sp³-hybridized carbons (Fsp3) is 0.526. The van der Waals surface area contributed by atoms with Crippen LogP contribution in [0.15, 0.2) is 24.3 Å². The average molecular weight is 346 g/mol. The summed E-state index contributed by atoms with van der Waals surface area (Å²) in [6.07, 6.45) is 6.02. The normalized spacial score (nSPS) is 14.8. The first kappa shape index (κ1) is 19.1. The number of anilines is 3. The molecule has 138 valence electrons. The third-order valence-corrected chi connectivity index (χ3v) is 4.54. The molecule has 1 saturated heterocycles. The van der Waals surface area contributed by atoms with E-state index in [0.29, 0.717) is 17.1 Å². The Hall–Kier alpha value is -2.21. The lowest BCUT2D eigenvalue weighted by atomic mass is 10.2. The monoisotopic (exact) mass is 346 g/mol. The van der Waals surface area contributed by atoms with E-state index in [-0.39, 0.29) is 5.91 Å². The maximum Gasteiger partial charge on any atom is 0.248 e. The first-order valence-electron chi connectivity index (χ1n) is 9.01. The van der Waals surface area contributed by atoms with Crippen molar-refractivity contribution in [1.82, 2.24) is 4.90 Å². The molecular formula is C19H30N4O2. The predicted octanol–water partition coefficient (Wildman–Crippen LogP) is 2.71. The number of nitrogens with two attached hydrogens (primary N) is 1. The molecule has 0 unspecified atom stereocenters. The molecule has 0 aromatic heterocycles. The van der Waals surface area contributed by atoms with Gasteiger partial charge in [-0.1, -0.05) is 6.08 Å². The molecule has 1 aromatic rings. The lowest BCUT2D eigenvalue weighted by molar-refractivity contribution is -0.111. The van der Waals surface area contributed by atoms with E-state index in [2.05, 4.69) is 29.0 Å². The summed E-state index contributed by atoms with van der Waals surface area (Å²) in [5.74, 6) is 0.474. The van der Waals surface area contributed by atoms with Crippen LogP contribution in [0.25, 0.3) is 0 Å². The molecule has 0 spiro atoms. The minimum Gasteiger partial charge on any atom is -0.495 e. The Labute approximate surface area is 150 Å². The van der Waals surface area contributed by atoms with Crippen LogP contribution in [0.5, 0.6) is 5.75 Å². The van der Waals surface area contributed by atoms with Gasteiger partial charge in [0.2, 0.25) is 5.91 Å². The lowest BCUT2D eigenvalue weighted by Crippen LogP contribution is -2.24. The van der Waals surface area contributed by atoms with Crippen LogP contribution in [-0.2, 0) is 4.79 Å². The van der Waals surface area contributed by atoms with Crippen molar-refractivity contribution in [2.45, 2.75) is 26.7 Å². The highest BCUT2D eigenvalue weighted by atomic mass is 16.5. The molecule has 0 radical (unpaired) electrons. The number of carbonyl (C=O) groups excluding carboxylic acids is 1. The van der Waals surface area contributed by atoms with Crippen LogP contribution in [0.2, 0.25) is 0 Å². The molecule has 1 aliphatic heterocycles. The van der Waals surface area contributed by atoms with Crippen LogP contribution in [0.1, 0.15) is 26.7 Å². The molecule has 1 fully saturated rings. The van der Waals surface area contributed by atoms with E-state index in [1.54, 1.807) is 19.3 Å². The van der Waals surface area contributed by atoms with E-state index in [1.807, 2.05) is 12.1 Å². The van der Waals surface area contributed by atoms with Gasteiger partial charge in [-0.05, 0) is 45.8 Å². The summed E-state index contributed by atoms with van der Waals surface area (Å²) >= 11 is 0. The smallest absolute Gasteiger partial charge is 0.248 e. The number of methoxy groups -OCH3 is 1. The summed E-state index contributed by atoms with van der Waals surface area (Å²) in [5.41, 5.74) is 8.15. The molecule has 1 aliphatic rings. The van der Waals surface area contributed by atoms with Gasteiger partial charge in [0, 0.05) is 31.8 Å². The number of hydrogen-bond acceptors (Lipinski definition) is 5. The van der Waals surface area contributed by atoms with Crippen LogP contribution in [0.3, 0.4) is 0 Å². The number of nitrogen functional groups attached to an aromatic ring is 1. The van der Waals surface area contributed by atoms with Crippen molar-refractivity contribution in [3.63, 3.8) is 0 Å². The Balaban J connectivity index is 2.11. The van der Waals surface area contributed by atoms with E-state index in [1.165, 1.54) is 12.8 Å². The zero-order valence-corrected chi connectivity index (χ0v) is 15.5. The fourth-order valence-corrected chi connectivity index (χ4v) is 3.14. The number of nitrogens with zero attached hydrogens (tertiary/aromatic N) is 2. The van der Waals surface area contributed by atoms with Crippen molar-refractivity contribution in [2.24, 2.45) is 0 Å². The molecule has 6 nitrogen and oxygen atoms in total. The van der Waals surface area contributed by atoms with Gasteiger partial charge in [0.15, 0.2) is 0 Å². The van der Waals surface area contributed by atoms with Gasteiger partial charge in [0.1, 0.15) is 5.75 Å². The second-order valence-corrected chi connectivity index (χ2v) is 6.18. The molecule has 1 heterocycles. The van der Waals surface area contributed by atoms with E-state index >= 15 is 0 Å². The topological polar surface area (TPSA) is 70.8 Å². The summed E-state index contributed by atoms with van der Waals surface area (Å²) in [6, 6.07) is 3.64. The summed E-state index contributed by atoms with van der Waals surface area (Å²) in [4.78, 5) is 16.8. The van der Waals surface area contributed by atoms with Crippen molar-refractivity contribution in [3.05, 3.63) is 24.3 Å². The first-order valence-corrected chi connectivity index (χ1v) is 9.01. The molecule has 2 rings (SSSR count). The third kappa shape index (κ3) is 5.13. The molecular weight excluding hydrogens is 316 g/mol. The second-order valence-electron chi connectivity index (χ2n) is 6.18. The highest BCUT2D eigenvalue weighted by Crippen LogP contribution is 2.35. The van der Waals surface area contributed by atoms with Gasteiger partial charge in [-0.2, -0.15) is 0 Å². The standard InChI is InChI=1S/C19H30N4O2/c1-4-23(5-2)17-14-18(25-3)15(20)13-16(17)21-19(24)9-8-12-22-10-6-7-11-22/h8-9,13-14H,4-7,10-12,20H2,1-3H3,(H,21,24)/b9-8+. The number of carbonyl (C=O) groups is 1. The van der Waals surface area contributed by atoms with Crippen molar-refractivity contribution in [1.29, 1.82) is 0 Å². The van der Waals surface area contributed by atoms with E-state index < -0.39 is 0 Å². The lowest BCUT2D eigenvalue weighted by Gasteiger charge is -2.25. The minimum absolute atomic E-state index is 0.142. The quantitative estimate of drug-likeness (QED) is 0.559. The number of amides is 1. The number of rotatable bonds is 8. The SMILES string of the molecule is CCN(CC)c1cc(OC)c(N)cc1NC(=O)/C=C/CN1CCCC1. The Morgan fingerprint density at radius 2 is 2.00 bits per heavy atom. The summed E-state index contributed by atoms with van der Waals surface area (Å²) < 4.78 is 5.32. The Morgan fingerprint density at radius 3 is 2.60 bits per heavy atom. The largest absolute Gasteiger partial charge is 0.495 e. The molecule has 6 heteroatoms. The van der Waals surface area contributed by atoms with Crippen LogP contribution >= 0.6 is 0 Å². The van der Waals surface area contributed by atoms with Crippen molar-refractivity contribution < 1.29 is 9.53 Å². The summed E-state index contributed by atoms with van der Waals surface area (Å²) in [6.45, 7) is 8.87. The average Bonchev–Trinajstić information content (AvgIpc) is 3.11. The number of ether oxygens (including phenoxy) is 1. The molecule has 1 amide bonds. The maximum atomic E-state index is 12.3. The molecule has 0 atom stereocenters. The van der Waals surface area contributed by atoms with Gasteiger partial charge in [-0.3, -0.25) is 9.69 Å². The zero-order chi connectivity index (χ0) is 18.2. The van der Waals surface area contributed by atoms with Crippen molar-refractivity contribution >= 4 is 23.0 Å². The number of hydrogen-bond donors (Lipinski definition) is 2. The van der Waals surface area contributed by atoms with E-state index in [9.17, 15) is 4.79 Å². The fourth-order valence-electron chi connectivity index (χ4n) is 3.14. The number of nitrogens with one attached hydrogen (secondary N) is 1. The van der Waals surface area contributed by atoms with Crippen LogP contribution in [0.4, 0.5) is 17.1 Å². The van der Waals surface area contributed by atoms with Gasteiger partial charge >= 0.3 is 0 Å². The van der Waals surface area contributed by atoms with Crippen LogP contribution in [-0.4, -0.2) is 50.6 Å². The minimum atomic E-state index is -0.142. The first-order chi connectivity index (χ1) is 12.1. The second kappa shape index (κ2) is 9.32. The van der Waals surface area contributed by atoms with Gasteiger partial charge < -0.3 is 20.7 Å². The zero-order valence-electron chi connectivity index (χ0n) is 15.5. The van der Waals surface area contributed by atoms with Gasteiger partial charge in [-0.15, -0.1) is 0 Å². The molecule has 1 aromatic carbocycles. The molecule has 0 bridgehead atoms. The molecule has 0 saturated carbocycles. The maximum absolute atomic E-state index is 12.3. The highest BCUT2D eigenvalue weighted by molar-refractivity contribution is 6.02. The van der Waals surface area contributed by atoms with Crippen LogP contribution < -0.4 is 20.7 Å². The predicted molar refractivity (Wildman–Crippen MR) is 104 cm³/mol. The Bertz CT molecular complexity index is 606. The molecule has 0 aliphatic carbocycles. The van der Waals surface area contributed by atoms with Crippen molar-refractivity contribution in [2.75, 3.05) is 55.8 Å². The summed E-state index contributed by atoms with van der Waals surface area (Å²) in [5, 5.41) is 2.96. The van der Waals surface area contributed by atoms with E-state index in [0.717, 1.165) is 38.4 Å². The van der Waals surface area contributed by atoms with E-state index in [4.69, 9.17) is 10.5 Å². The number of likely N-dealkylation sites (tertiary alicyclic amines) is 1. The Kier molecular flexibility index (Phi) is 7.13. The third-order valence-electron chi connectivity index (χ3n) is 4.54. The van der Waals surface area contributed by atoms with Gasteiger partial charge in [-0.25, -0.2) is 0 Å². The van der Waals surface area contributed by atoms with Crippen molar-refractivity contribution in [3.8, 4) is 5.75 Å².